The van der Waals surface area contributed by atoms with E-state index in [1.54, 1.807) is 0 Å². The molecular formula is C16H12F3NO3. The van der Waals surface area contributed by atoms with Crippen molar-refractivity contribution in [2.24, 2.45) is 0 Å². The third kappa shape index (κ3) is 4.09. The van der Waals surface area contributed by atoms with Gasteiger partial charge in [-0.05, 0) is 29.3 Å². The largest absolute Gasteiger partial charge is 0.479 e. The zero-order valence-electron chi connectivity index (χ0n) is 11.7. The molecule has 23 heavy (non-hydrogen) atoms. The molecular weight excluding hydrogens is 311 g/mol. The minimum Gasteiger partial charge on any atom is -0.479 e. The summed E-state index contributed by atoms with van der Waals surface area (Å²) in [5, 5.41) is 11.3. The van der Waals surface area contributed by atoms with Gasteiger partial charge in [0, 0.05) is 0 Å². The molecule has 2 N–H and O–H groups in total. The standard InChI is InChI=1S/C16H12F3NO3/c17-11-4-2-1-3-9(11)8-14(21)20-15(16(22)23)10-5-6-12(18)13(19)7-10/h1-7,15H,8H2,(H,20,21)(H,22,23)/t15-/m0/s1. The molecule has 0 aliphatic rings. The number of benzene rings is 2. The van der Waals surface area contributed by atoms with Crippen LogP contribution in [-0.2, 0) is 16.0 Å². The third-order valence-electron chi connectivity index (χ3n) is 3.14. The van der Waals surface area contributed by atoms with Crippen LogP contribution in [0.1, 0.15) is 17.2 Å². The maximum atomic E-state index is 13.5. The first-order chi connectivity index (χ1) is 10.9. The zero-order valence-corrected chi connectivity index (χ0v) is 11.7. The number of halogens is 3. The Morgan fingerprint density at radius 1 is 1.00 bits per heavy atom. The topological polar surface area (TPSA) is 66.4 Å². The van der Waals surface area contributed by atoms with E-state index in [9.17, 15) is 22.8 Å². The first-order valence-electron chi connectivity index (χ1n) is 6.59. The molecule has 0 aliphatic carbocycles. The number of carbonyl (C=O) groups excluding carboxylic acids is 1. The molecule has 2 aromatic rings. The Hall–Kier alpha value is -2.83. The number of rotatable bonds is 5. The molecule has 0 fully saturated rings. The van der Waals surface area contributed by atoms with E-state index in [0.29, 0.717) is 6.07 Å². The maximum absolute atomic E-state index is 13.5. The second-order valence-electron chi connectivity index (χ2n) is 4.78. The molecule has 0 aromatic heterocycles. The molecule has 1 amide bonds. The highest BCUT2D eigenvalue weighted by Crippen LogP contribution is 2.17. The lowest BCUT2D eigenvalue weighted by molar-refractivity contribution is -0.142. The highest BCUT2D eigenvalue weighted by molar-refractivity contribution is 5.85. The van der Waals surface area contributed by atoms with Crippen LogP contribution < -0.4 is 5.32 Å². The molecule has 1 atom stereocenters. The van der Waals surface area contributed by atoms with Crippen LogP contribution in [0, 0.1) is 17.5 Å². The summed E-state index contributed by atoms with van der Waals surface area (Å²) in [5.41, 5.74) is -0.0299. The van der Waals surface area contributed by atoms with Crippen LogP contribution in [0.25, 0.3) is 0 Å². The van der Waals surface area contributed by atoms with Gasteiger partial charge in [-0.2, -0.15) is 0 Å². The van der Waals surface area contributed by atoms with E-state index in [1.165, 1.54) is 24.3 Å². The first kappa shape index (κ1) is 16.5. The van der Waals surface area contributed by atoms with E-state index in [4.69, 9.17) is 5.11 Å². The molecule has 2 aromatic carbocycles. The van der Waals surface area contributed by atoms with Crippen LogP contribution in [-0.4, -0.2) is 17.0 Å². The van der Waals surface area contributed by atoms with Crippen molar-refractivity contribution < 1.29 is 27.9 Å². The summed E-state index contributed by atoms with van der Waals surface area (Å²) in [6.07, 6.45) is -0.375. The summed E-state index contributed by atoms with van der Waals surface area (Å²) >= 11 is 0. The summed E-state index contributed by atoms with van der Waals surface area (Å²) in [5.74, 6) is -5.15. The highest BCUT2D eigenvalue weighted by atomic mass is 19.2. The number of hydrogen-bond acceptors (Lipinski definition) is 2. The van der Waals surface area contributed by atoms with Crippen LogP contribution in [0.2, 0.25) is 0 Å². The van der Waals surface area contributed by atoms with Gasteiger partial charge >= 0.3 is 5.97 Å². The summed E-state index contributed by atoms with van der Waals surface area (Å²) in [6, 6.07) is 6.51. The van der Waals surface area contributed by atoms with Crippen molar-refractivity contribution in [2.45, 2.75) is 12.5 Å². The lowest BCUT2D eigenvalue weighted by atomic mass is 10.1. The Bertz CT molecular complexity index is 749. The summed E-state index contributed by atoms with van der Waals surface area (Å²) in [4.78, 5) is 23.1. The first-order valence-corrected chi connectivity index (χ1v) is 6.59. The molecule has 0 aliphatic heterocycles. The molecule has 0 radical (unpaired) electrons. The lowest BCUT2D eigenvalue weighted by Crippen LogP contribution is -2.35. The van der Waals surface area contributed by atoms with Gasteiger partial charge < -0.3 is 10.4 Å². The molecule has 120 valence electrons. The van der Waals surface area contributed by atoms with E-state index < -0.39 is 35.4 Å². The van der Waals surface area contributed by atoms with E-state index in [2.05, 4.69) is 5.32 Å². The van der Waals surface area contributed by atoms with Crippen molar-refractivity contribution in [3.63, 3.8) is 0 Å². The van der Waals surface area contributed by atoms with Crippen molar-refractivity contribution >= 4 is 11.9 Å². The van der Waals surface area contributed by atoms with Gasteiger partial charge in [0.15, 0.2) is 17.7 Å². The number of carboxylic acids is 1. The predicted molar refractivity (Wildman–Crippen MR) is 75.0 cm³/mol. The minimum absolute atomic E-state index is 0.0967. The summed E-state index contributed by atoms with van der Waals surface area (Å²) in [7, 11) is 0. The second-order valence-corrected chi connectivity index (χ2v) is 4.78. The minimum atomic E-state index is -1.57. The number of carbonyl (C=O) groups is 2. The molecule has 0 saturated heterocycles. The Kier molecular flexibility index (Phi) is 5.00. The summed E-state index contributed by atoms with van der Waals surface area (Å²) in [6.45, 7) is 0. The average molecular weight is 323 g/mol. The molecule has 2 rings (SSSR count). The van der Waals surface area contributed by atoms with Gasteiger partial charge in [-0.1, -0.05) is 24.3 Å². The van der Waals surface area contributed by atoms with Gasteiger partial charge in [-0.25, -0.2) is 18.0 Å². The SMILES string of the molecule is O=C(Cc1ccccc1F)N[C@H](C(=O)O)c1ccc(F)c(F)c1. The van der Waals surface area contributed by atoms with E-state index >= 15 is 0 Å². The van der Waals surface area contributed by atoms with Crippen molar-refractivity contribution in [1.82, 2.24) is 5.32 Å². The van der Waals surface area contributed by atoms with E-state index in [0.717, 1.165) is 12.1 Å². The number of aliphatic carboxylic acids is 1. The molecule has 7 heteroatoms. The van der Waals surface area contributed by atoms with Crippen LogP contribution in [0.4, 0.5) is 13.2 Å². The van der Waals surface area contributed by atoms with Crippen LogP contribution in [0.5, 0.6) is 0 Å². The average Bonchev–Trinajstić information content (AvgIpc) is 2.50. The predicted octanol–water partition coefficient (Wildman–Crippen LogP) is 2.59. The zero-order chi connectivity index (χ0) is 17.0. The molecule has 0 saturated carbocycles. The van der Waals surface area contributed by atoms with E-state index in [-0.39, 0.29) is 17.5 Å². The highest BCUT2D eigenvalue weighted by Gasteiger charge is 2.23. The fourth-order valence-corrected chi connectivity index (χ4v) is 2.01. The summed E-state index contributed by atoms with van der Waals surface area (Å²) < 4.78 is 39.6. The molecule has 0 unspecified atom stereocenters. The van der Waals surface area contributed by atoms with Crippen LogP contribution >= 0.6 is 0 Å². The Morgan fingerprint density at radius 3 is 2.30 bits per heavy atom. The number of amides is 1. The normalized spacial score (nSPS) is 11.8. The van der Waals surface area contributed by atoms with Gasteiger partial charge in [0.2, 0.25) is 5.91 Å². The van der Waals surface area contributed by atoms with Gasteiger partial charge in [0.25, 0.3) is 0 Å². The maximum Gasteiger partial charge on any atom is 0.330 e. The smallest absolute Gasteiger partial charge is 0.330 e. The number of carboxylic acid groups (broad SMARTS) is 1. The van der Waals surface area contributed by atoms with Crippen molar-refractivity contribution in [3.8, 4) is 0 Å². The third-order valence-corrected chi connectivity index (χ3v) is 3.14. The Morgan fingerprint density at radius 2 is 1.70 bits per heavy atom. The van der Waals surface area contributed by atoms with Gasteiger partial charge in [0.1, 0.15) is 5.82 Å². The fraction of sp³-hybridized carbons (Fsp3) is 0.125. The van der Waals surface area contributed by atoms with Gasteiger partial charge in [-0.15, -0.1) is 0 Å². The van der Waals surface area contributed by atoms with Crippen LogP contribution in [0.15, 0.2) is 42.5 Å². The second kappa shape index (κ2) is 6.95. The molecule has 0 bridgehead atoms. The molecule has 4 nitrogen and oxygen atoms in total. The number of hydrogen-bond donors (Lipinski definition) is 2. The van der Waals surface area contributed by atoms with Gasteiger partial charge in [-0.3, -0.25) is 4.79 Å². The van der Waals surface area contributed by atoms with Crippen LogP contribution in [0.3, 0.4) is 0 Å². The molecule has 0 heterocycles. The van der Waals surface area contributed by atoms with Crippen molar-refractivity contribution in [3.05, 3.63) is 71.0 Å². The van der Waals surface area contributed by atoms with Crippen molar-refractivity contribution in [2.75, 3.05) is 0 Å². The van der Waals surface area contributed by atoms with E-state index in [1.807, 2.05) is 0 Å². The Balaban J connectivity index is 2.16. The fourth-order valence-electron chi connectivity index (χ4n) is 2.01. The van der Waals surface area contributed by atoms with Crippen molar-refractivity contribution in [1.29, 1.82) is 0 Å². The van der Waals surface area contributed by atoms with Gasteiger partial charge in [0.05, 0.1) is 6.42 Å². The quantitative estimate of drug-likeness (QED) is 0.889. The number of nitrogens with one attached hydrogen (secondary N) is 1. The Labute approximate surface area is 129 Å². The monoisotopic (exact) mass is 323 g/mol. The molecule has 0 spiro atoms. The lowest BCUT2D eigenvalue weighted by Gasteiger charge is -2.15.